The Morgan fingerprint density at radius 2 is 1.91 bits per heavy atom. The van der Waals surface area contributed by atoms with Crippen molar-refractivity contribution in [3.63, 3.8) is 0 Å². The summed E-state index contributed by atoms with van der Waals surface area (Å²) in [5, 5.41) is 3.06. The van der Waals surface area contributed by atoms with Crippen LogP contribution in [0.25, 0.3) is 0 Å². The van der Waals surface area contributed by atoms with Crippen LogP contribution in [-0.4, -0.2) is 18.5 Å². The van der Waals surface area contributed by atoms with E-state index in [1.165, 1.54) is 12.1 Å². The maximum Gasteiger partial charge on any atom is 0.340 e. The number of anilines is 2. The van der Waals surface area contributed by atoms with Crippen LogP contribution in [0.1, 0.15) is 21.5 Å². The molecule has 0 spiro atoms. The van der Waals surface area contributed by atoms with Gasteiger partial charge in [-0.3, -0.25) is 4.79 Å². The Morgan fingerprint density at radius 3 is 2.61 bits per heavy atom. The molecule has 0 radical (unpaired) electrons. The lowest BCUT2D eigenvalue weighted by Crippen LogP contribution is -2.21. The van der Waals surface area contributed by atoms with Gasteiger partial charge in [0.05, 0.1) is 5.56 Å². The molecule has 2 aromatic carbocycles. The molecular formula is C17H17ClN2O3. The normalized spacial score (nSPS) is 10.2. The SMILES string of the molecule is Cc1ccc(NC(=O)COC(=O)c2cc(Cl)ccc2N)c(C)c1. The summed E-state index contributed by atoms with van der Waals surface area (Å²) in [7, 11) is 0. The van der Waals surface area contributed by atoms with Gasteiger partial charge in [0.15, 0.2) is 6.61 Å². The fourth-order valence-electron chi connectivity index (χ4n) is 2.05. The van der Waals surface area contributed by atoms with Crippen molar-refractivity contribution in [1.82, 2.24) is 0 Å². The van der Waals surface area contributed by atoms with E-state index in [2.05, 4.69) is 5.32 Å². The van der Waals surface area contributed by atoms with Gasteiger partial charge in [-0.2, -0.15) is 0 Å². The lowest BCUT2D eigenvalue weighted by atomic mass is 10.1. The molecule has 0 aromatic heterocycles. The highest BCUT2D eigenvalue weighted by atomic mass is 35.5. The number of rotatable bonds is 4. The van der Waals surface area contributed by atoms with Crippen molar-refractivity contribution in [2.24, 2.45) is 0 Å². The monoisotopic (exact) mass is 332 g/mol. The van der Waals surface area contributed by atoms with Gasteiger partial charge in [-0.1, -0.05) is 29.3 Å². The summed E-state index contributed by atoms with van der Waals surface area (Å²) < 4.78 is 4.97. The molecular weight excluding hydrogens is 316 g/mol. The number of esters is 1. The Labute approximate surface area is 139 Å². The minimum Gasteiger partial charge on any atom is -0.452 e. The van der Waals surface area contributed by atoms with E-state index in [1.807, 2.05) is 26.0 Å². The zero-order valence-corrected chi connectivity index (χ0v) is 13.6. The minimum absolute atomic E-state index is 0.136. The highest BCUT2D eigenvalue weighted by molar-refractivity contribution is 6.31. The molecule has 23 heavy (non-hydrogen) atoms. The van der Waals surface area contributed by atoms with Gasteiger partial charge in [0.25, 0.3) is 5.91 Å². The number of hydrogen-bond acceptors (Lipinski definition) is 4. The summed E-state index contributed by atoms with van der Waals surface area (Å²) in [5.74, 6) is -1.12. The van der Waals surface area contributed by atoms with Gasteiger partial charge in [0, 0.05) is 16.4 Å². The van der Waals surface area contributed by atoms with Crippen LogP contribution in [0, 0.1) is 13.8 Å². The van der Waals surface area contributed by atoms with Crippen molar-refractivity contribution in [2.45, 2.75) is 13.8 Å². The number of hydrogen-bond donors (Lipinski definition) is 2. The van der Waals surface area contributed by atoms with Crippen LogP contribution in [0.15, 0.2) is 36.4 Å². The summed E-state index contributed by atoms with van der Waals surface area (Å²) in [5.41, 5.74) is 8.79. The zero-order chi connectivity index (χ0) is 17.0. The van der Waals surface area contributed by atoms with E-state index in [4.69, 9.17) is 22.1 Å². The molecule has 0 aliphatic rings. The standard InChI is InChI=1S/C17H17ClN2O3/c1-10-3-6-15(11(2)7-10)20-16(21)9-23-17(22)13-8-12(18)4-5-14(13)19/h3-8H,9,19H2,1-2H3,(H,20,21). The number of halogens is 1. The molecule has 3 N–H and O–H groups in total. The van der Waals surface area contributed by atoms with Crippen molar-refractivity contribution < 1.29 is 14.3 Å². The summed E-state index contributed by atoms with van der Waals surface area (Å²) in [6.45, 7) is 3.45. The molecule has 0 atom stereocenters. The van der Waals surface area contributed by atoms with Gasteiger partial charge < -0.3 is 15.8 Å². The van der Waals surface area contributed by atoms with Crippen LogP contribution in [0.4, 0.5) is 11.4 Å². The second-order valence-electron chi connectivity index (χ2n) is 5.17. The third-order valence-electron chi connectivity index (χ3n) is 3.23. The fourth-order valence-corrected chi connectivity index (χ4v) is 2.23. The Hall–Kier alpha value is -2.53. The Bertz CT molecular complexity index is 759. The van der Waals surface area contributed by atoms with Gasteiger partial charge in [0.1, 0.15) is 0 Å². The predicted octanol–water partition coefficient (Wildman–Crippen LogP) is 3.33. The zero-order valence-electron chi connectivity index (χ0n) is 12.9. The first-order chi connectivity index (χ1) is 10.9. The van der Waals surface area contributed by atoms with Crippen LogP contribution in [-0.2, 0) is 9.53 Å². The van der Waals surface area contributed by atoms with Crippen molar-refractivity contribution in [1.29, 1.82) is 0 Å². The number of carbonyl (C=O) groups excluding carboxylic acids is 2. The van der Waals surface area contributed by atoms with Crippen molar-refractivity contribution in [3.8, 4) is 0 Å². The molecule has 0 unspecified atom stereocenters. The molecule has 0 fully saturated rings. The topological polar surface area (TPSA) is 81.4 Å². The Kier molecular flexibility index (Phi) is 5.24. The van der Waals surface area contributed by atoms with Crippen LogP contribution in [0.5, 0.6) is 0 Å². The molecule has 0 aliphatic carbocycles. The smallest absolute Gasteiger partial charge is 0.340 e. The molecule has 6 heteroatoms. The van der Waals surface area contributed by atoms with E-state index >= 15 is 0 Å². The summed E-state index contributed by atoms with van der Waals surface area (Å²) >= 11 is 5.82. The van der Waals surface area contributed by atoms with E-state index in [9.17, 15) is 9.59 Å². The second-order valence-corrected chi connectivity index (χ2v) is 5.61. The minimum atomic E-state index is -0.694. The van der Waals surface area contributed by atoms with Crippen LogP contribution in [0.3, 0.4) is 0 Å². The Balaban J connectivity index is 1.96. The number of nitrogen functional groups attached to an aromatic ring is 1. The first-order valence-corrected chi connectivity index (χ1v) is 7.34. The number of ether oxygens (including phenoxy) is 1. The number of nitrogens with one attached hydrogen (secondary N) is 1. The quantitative estimate of drug-likeness (QED) is 0.664. The molecule has 2 aromatic rings. The number of amides is 1. The third-order valence-corrected chi connectivity index (χ3v) is 3.46. The van der Waals surface area contributed by atoms with E-state index < -0.39 is 18.5 Å². The molecule has 120 valence electrons. The summed E-state index contributed by atoms with van der Waals surface area (Å²) in [4.78, 5) is 23.8. The van der Waals surface area contributed by atoms with Crippen LogP contribution in [0.2, 0.25) is 5.02 Å². The molecule has 1 amide bonds. The van der Waals surface area contributed by atoms with E-state index in [-0.39, 0.29) is 11.3 Å². The Morgan fingerprint density at radius 1 is 1.17 bits per heavy atom. The van der Waals surface area contributed by atoms with Crippen molar-refractivity contribution in [3.05, 3.63) is 58.1 Å². The van der Waals surface area contributed by atoms with Crippen molar-refractivity contribution >= 4 is 34.9 Å². The second kappa shape index (κ2) is 7.15. The number of nitrogens with two attached hydrogens (primary N) is 1. The molecule has 0 bridgehead atoms. The predicted molar refractivity (Wildman–Crippen MR) is 90.7 cm³/mol. The largest absolute Gasteiger partial charge is 0.452 e. The molecule has 5 nitrogen and oxygen atoms in total. The summed E-state index contributed by atoms with van der Waals surface area (Å²) in [6.07, 6.45) is 0. The molecule has 0 heterocycles. The summed E-state index contributed by atoms with van der Waals surface area (Å²) in [6, 6.07) is 10.1. The van der Waals surface area contributed by atoms with Crippen molar-refractivity contribution in [2.75, 3.05) is 17.7 Å². The highest BCUT2D eigenvalue weighted by Crippen LogP contribution is 2.19. The lowest BCUT2D eigenvalue weighted by molar-refractivity contribution is -0.119. The number of aryl methyl sites for hydroxylation is 2. The van der Waals surface area contributed by atoms with Gasteiger partial charge in [-0.05, 0) is 43.7 Å². The maximum absolute atomic E-state index is 11.9. The number of benzene rings is 2. The van der Waals surface area contributed by atoms with E-state index in [0.29, 0.717) is 10.7 Å². The lowest BCUT2D eigenvalue weighted by Gasteiger charge is -2.10. The van der Waals surface area contributed by atoms with E-state index in [0.717, 1.165) is 11.1 Å². The molecule has 2 rings (SSSR count). The molecule has 0 saturated carbocycles. The van der Waals surface area contributed by atoms with Gasteiger partial charge in [-0.15, -0.1) is 0 Å². The van der Waals surface area contributed by atoms with E-state index in [1.54, 1.807) is 12.1 Å². The van der Waals surface area contributed by atoms with Crippen LogP contribution < -0.4 is 11.1 Å². The first kappa shape index (κ1) is 16.8. The maximum atomic E-state index is 11.9. The fraction of sp³-hybridized carbons (Fsp3) is 0.176. The number of carbonyl (C=O) groups is 2. The van der Waals surface area contributed by atoms with Gasteiger partial charge in [0.2, 0.25) is 0 Å². The first-order valence-electron chi connectivity index (χ1n) is 6.96. The van der Waals surface area contributed by atoms with Crippen LogP contribution >= 0.6 is 11.6 Å². The third kappa shape index (κ3) is 4.47. The molecule has 0 saturated heterocycles. The van der Waals surface area contributed by atoms with Gasteiger partial charge >= 0.3 is 5.97 Å². The average molecular weight is 333 g/mol. The molecule has 0 aliphatic heterocycles. The highest BCUT2D eigenvalue weighted by Gasteiger charge is 2.14. The average Bonchev–Trinajstić information content (AvgIpc) is 2.50. The van der Waals surface area contributed by atoms with Gasteiger partial charge in [-0.25, -0.2) is 4.79 Å².